The van der Waals surface area contributed by atoms with E-state index in [1.165, 1.54) is 12.8 Å². The summed E-state index contributed by atoms with van der Waals surface area (Å²) in [6.45, 7) is 9.46. The minimum atomic E-state index is 0.418. The lowest BCUT2D eigenvalue weighted by Gasteiger charge is -2.28. The Kier molecular flexibility index (Phi) is 3.71. The van der Waals surface area contributed by atoms with E-state index in [0.29, 0.717) is 12.0 Å². The van der Waals surface area contributed by atoms with E-state index in [1.54, 1.807) is 0 Å². The molecule has 100 valence electrons. The molecule has 18 heavy (non-hydrogen) atoms. The summed E-state index contributed by atoms with van der Waals surface area (Å²) in [5.74, 6) is 8.79. The van der Waals surface area contributed by atoms with Crippen molar-refractivity contribution in [3.63, 3.8) is 0 Å². The molecule has 0 atom stereocenters. The summed E-state index contributed by atoms with van der Waals surface area (Å²) in [5.41, 5.74) is 3.72. The van der Waals surface area contributed by atoms with Gasteiger partial charge in [-0.1, -0.05) is 0 Å². The first kappa shape index (κ1) is 13.1. The molecule has 0 spiro atoms. The fourth-order valence-electron chi connectivity index (χ4n) is 2.23. The summed E-state index contributed by atoms with van der Waals surface area (Å²) in [7, 11) is 0. The van der Waals surface area contributed by atoms with Crippen LogP contribution in [0.2, 0.25) is 0 Å². The summed E-state index contributed by atoms with van der Waals surface area (Å²) < 4.78 is 0. The summed E-state index contributed by atoms with van der Waals surface area (Å²) in [5, 5.41) is 0. The molecule has 1 aliphatic rings. The van der Waals surface area contributed by atoms with Gasteiger partial charge in [-0.15, -0.1) is 0 Å². The van der Waals surface area contributed by atoms with Crippen LogP contribution in [0.25, 0.3) is 0 Å². The molecule has 1 fully saturated rings. The Bertz CT molecular complexity index is 426. The molecule has 0 saturated heterocycles. The average Bonchev–Trinajstić information content (AvgIpc) is 3.15. The second-order valence-electron chi connectivity index (χ2n) is 5.18. The van der Waals surface area contributed by atoms with E-state index in [-0.39, 0.29) is 0 Å². The van der Waals surface area contributed by atoms with Crippen molar-refractivity contribution in [2.24, 2.45) is 5.84 Å². The van der Waals surface area contributed by atoms with Crippen LogP contribution in [0.15, 0.2) is 0 Å². The number of hydrogen-bond donors (Lipinski definition) is 2. The number of nitrogens with zero attached hydrogens (tertiary/aromatic N) is 3. The van der Waals surface area contributed by atoms with Gasteiger partial charge in [-0.05, 0) is 40.5 Å². The van der Waals surface area contributed by atoms with Crippen molar-refractivity contribution < 1.29 is 0 Å². The molecule has 1 heterocycles. The third kappa shape index (κ3) is 2.41. The van der Waals surface area contributed by atoms with E-state index >= 15 is 0 Å². The van der Waals surface area contributed by atoms with E-state index in [4.69, 9.17) is 10.8 Å². The number of hydrogen-bond acceptors (Lipinski definition) is 5. The smallest absolute Gasteiger partial charge is 0.148 e. The maximum Gasteiger partial charge on any atom is 0.148 e. The van der Waals surface area contributed by atoms with Crippen LogP contribution in [0.1, 0.15) is 50.9 Å². The summed E-state index contributed by atoms with van der Waals surface area (Å²) in [4.78, 5) is 11.6. The Morgan fingerprint density at radius 1 is 1.39 bits per heavy atom. The van der Waals surface area contributed by atoms with Crippen LogP contribution in [0.3, 0.4) is 0 Å². The maximum atomic E-state index is 5.57. The van der Waals surface area contributed by atoms with Crippen molar-refractivity contribution in [1.82, 2.24) is 9.97 Å². The minimum absolute atomic E-state index is 0.418. The lowest BCUT2D eigenvalue weighted by molar-refractivity contribution is 0.685. The highest BCUT2D eigenvalue weighted by atomic mass is 15.3. The van der Waals surface area contributed by atoms with Gasteiger partial charge in [-0.25, -0.2) is 15.8 Å². The van der Waals surface area contributed by atoms with E-state index in [1.807, 2.05) is 6.92 Å². The van der Waals surface area contributed by atoms with Crippen molar-refractivity contribution in [3.8, 4) is 0 Å². The van der Waals surface area contributed by atoms with E-state index in [2.05, 4.69) is 36.1 Å². The number of anilines is 2. The van der Waals surface area contributed by atoms with E-state index < -0.39 is 0 Å². The molecule has 0 aliphatic heterocycles. The first-order chi connectivity index (χ1) is 8.58. The number of nitrogens with one attached hydrogen (secondary N) is 1. The van der Waals surface area contributed by atoms with Gasteiger partial charge in [0.15, 0.2) is 0 Å². The molecule has 5 heteroatoms. The largest absolute Gasteiger partial charge is 0.354 e. The van der Waals surface area contributed by atoms with Gasteiger partial charge < -0.3 is 10.3 Å². The second-order valence-corrected chi connectivity index (χ2v) is 5.18. The SMILES string of the molecule is CCN(c1nc(C2CC2)nc(NN)c1C)C(C)C. The van der Waals surface area contributed by atoms with Crippen LogP contribution in [-0.4, -0.2) is 22.6 Å². The molecular formula is C13H23N5. The van der Waals surface area contributed by atoms with E-state index in [0.717, 1.165) is 29.6 Å². The van der Waals surface area contributed by atoms with Crippen molar-refractivity contribution in [3.05, 3.63) is 11.4 Å². The fraction of sp³-hybridized carbons (Fsp3) is 0.692. The van der Waals surface area contributed by atoms with Crippen LogP contribution in [0.5, 0.6) is 0 Å². The molecule has 1 saturated carbocycles. The molecule has 0 unspecified atom stereocenters. The number of rotatable bonds is 5. The quantitative estimate of drug-likeness (QED) is 0.618. The average molecular weight is 249 g/mol. The van der Waals surface area contributed by atoms with Crippen LogP contribution in [-0.2, 0) is 0 Å². The maximum absolute atomic E-state index is 5.57. The molecule has 0 bridgehead atoms. The highest BCUT2D eigenvalue weighted by Gasteiger charge is 2.29. The molecule has 5 nitrogen and oxygen atoms in total. The highest BCUT2D eigenvalue weighted by molar-refractivity contribution is 5.58. The summed E-state index contributed by atoms with van der Waals surface area (Å²) in [6.07, 6.45) is 2.39. The fourth-order valence-corrected chi connectivity index (χ4v) is 2.23. The third-order valence-electron chi connectivity index (χ3n) is 3.45. The lowest BCUT2D eigenvalue weighted by atomic mass is 10.2. The zero-order valence-electron chi connectivity index (χ0n) is 11.7. The third-order valence-corrected chi connectivity index (χ3v) is 3.45. The van der Waals surface area contributed by atoms with Crippen LogP contribution in [0.4, 0.5) is 11.6 Å². The monoisotopic (exact) mass is 249 g/mol. The first-order valence-corrected chi connectivity index (χ1v) is 6.70. The van der Waals surface area contributed by atoms with Gasteiger partial charge in [-0.3, -0.25) is 0 Å². The van der Waals surface area contributed by atoms with Crippen molar-refractivity contribution >= 4 is 11.6 Å². The lowest BCUT2D eigenvalue weighted by Crippen LogP contribution is -2.32. The van der Waals surface area contributed by atoms with Crippen LogP contribution < -0.4 is 16.2 Å². The molecule has 1 aliphatic carbocycles. The number of nitrogen functional groups attached to an aromatic ring is 1. The first-order valence-electron chi connectivity index (χ1n) is 6.70. The van der Waals surface area contributed by atoms with Crippen molar-refractivity contribution in [2.75, 3.05) is 16.9 Å². The Morgan fingerprint density at radius 3 is 2.50 bits per heavy atom. The predicted octanol–water partition coefficient (Wildman–Crippen LogP) is 2.18. The standard InChI is InChI=1S/C13H23N5/c1-5-18(8(2)3)13-9(4)11(17-14)15-12(16-13)10-6-7-10/h8,10H,5-7,14H2,1-4H3,(H,15,16,17). The molecule has 3 N–H and O–H groups in total. The predicted molar refractivity (Wildman–Crippen MR) is 74.7 cm³/mol. The Morgan fingerprint density at radius 2 is 2.06 bits per heavy atom. The number of aromatic nitrogens is 2. The molecule has 0 radical (unpaired) electrons. The zero-order valence-corrected chi connectivity index (χ0v) is 11.7. The van der Waals surface area contributed by atoms with Crippen LogP contribution >= 0.6 is 0 Å². The normalized spacial score (nSPS) is 15.0. The van der Waals surface area contributed by atoms with Gasteiger partial charge in [0, 0.05) is 24.1 Å². The van der Waals surface area contributed by atoms with Gasteiger partial charge in [0.05, 0.1) is 0 Å². The Labute approximate surface area is 109 Å². The minimum Gasteiger partial charge on any atom is -0.354 e. The van der Waals surface area contributed by atoms with Crippen LogP contribution in [0, 0.1) is 6.92 Å². The number of hydrazine groups is 1. The van der Waals surface area contributed by atoms with E-state index in [9.17, 15) is 0 Å². The van der Waals surface area contributed by atoms with Crippen molar-refractivity contribution in [1.29, 1.82) is 0 Å². The highest BCUT2D eigenvalue weighted by Crippen LogP contribution is 2.40. The molecule has 1 aromatic rings. The zero-order chi connectivity index (χ0) is 13.3. The van der Waals surface area contributed by atoms with Gasteiger partial charge >= 0.3 is 0 Å². The molecular weight excluding hydrogens is 226 g/mol. The number of nitrogens with two attached hydrogens (primary N) is 1. The molecule has 0 amide bonds. The molecule has 0 aromatic carbocycles. The molecule has 2 rings (SSSR count). The Hall–Kier alpha value is -1.36. The summed E-state index contributed by atoms with van der Waals surface area (Å²) in [6, 6.07) is 0.418. The van der Waals surface area contributed by atoms with Gasteiger partial charge in [0.25, 0.3) is 0 Å². The van der Waals surface area contributed by atoms with Crippen molar-refractivity contribution in [2.45, 2.75) is 52.5 Å². The Balaban J connectivity index is 2.46. The van der Waals surface area contributed by atoms with Gasteiger partial charge in [0.2, 0.25) is 0 Å². The summed E-state index contributed by atoms with van der Waals surface area (Å²) >= 11 is 0. The van der Waals surface area contributed by atoms with Gasteiger partial charge in [0.1, 0.15) is 17.5 Å². The molecule has 1 aromatic heterocycles. The topological polar surface area (TPSA) is 67.1 Å². The second kappa shape index (κ2) is 5.10. The van der Waals surface area contributed by atoms with Gasteiger partial charge in [-0.2, -0.15) is 0 Å².